The summed E-state index contributed by atoms with van der Waals surface area (Å²) in [5.74, 6) is -1.02. The number of rotatable bonds is 6. The summed E-state index contributed by atoms with van der Waals surface area (Å²) in [5.41, 5.74) is 1.34. The van der Waals surface area contributed by atoms with E-state index in [0.717, 1.165) is 12.2 Å². The Morgan fingerprint density at radius 1 is 1.26 bits per heavy atom. The zero-order valence-electron chi connectivity index (χ0n) is 13.8. The molecule has 2 amide bonds. The molecule has 0 bridgehead atoms. The molecule has 0 spiro atoms. The number of ketones is 1. The van der Waals surface area contributed by atoms with Crippen molar-refractivity contribution in [2.45, 2.75) is 13.3 Å². The first-order valence-corrected chi connectivity index (χ1v) is 7.75. The van der Waals surface area contributed by atoms with Crippen LogP contribution < -0.4 is 10.2 Å². The van der Waals surface area contributed by atoms with Crippen molar-refractivity contribution in [2.24, 2.45) is 5.92 Å². The van der Waals surface area contributed by atoms with Gasteiger partial charge >= 0.3 is 0 Å². The Hall–Kier alpha value is -2.21. The maximum Gasteiger partial charge on any atom is 0.239 e. The zero-order valence-corrected chi connectivity index (χ0v) is 13.8. The average Bonchev–Trinajstić information content (AvgIpc) is 2.88. The summed E-state index contributed by atoms with van der Waals surface area (Å²) >= 11 is 0. The van der Waals surface area contributed by atoms with Gasteiger partial charge in [0, 0.05) is 30.9 Å². The van der Waals surface area contributed by atoms with Crippen LogP contribution in [0.15, 0.2) is 24.3 Å². The Morgan fingerprint density at radius 3 is 2.48 bits per heavy atom. The van der Waals surface area contributed by atoms with Crippen molar-refractivity contribution in [1.82, 2.24) is 10.2 Å². The molecule has 1 unspecified atom stereocenters. The first-order valence-electron chi connectivity index (χ1n) is 7.75. The highest BCUT2D eigenvalue weighted by atomic mass is 16.2. The van der Waals surface area contributed by atoms with E-state index in [1.54, 1.807) is 29.2 Å². The van der Waals surface area contributed by atoms with Crippen molar-refractivity contribution in [3.05, 3.63) is 29.8 Å². The number of amides is 2. The van der Waals surface area contributed by atoms with E-state index in [0.29, 0.717) is 25.1 Å². The van der Waals surface area contributed by atoms with Crippen LogP contribution in [0.3, 0.4) is 0 Å². The predicted octanol–water partition coefficient (Wildman–Crippen LogP) is 0.920. The molecule has 6 nitrogen and oxygen atoms in total. The van der Waals surface area contributed by atoms with Gasteiger partial charge in [-0.2, -0.15) is 0 Å². The summed E-state index contributed by atoms with van der Waals surface area (Å²) in [7, 11) is 3.86. The fourth-order valence-electron chi connectivity index (χ4n) is 2.58. The average molecular weight is 317 g/mol. The van der Waals surface area contributed by atoms with Crippen molar-refractivity contribution in [3.8, 4) is 0 Å². The Bertz CT molecular complexity index is 596. The number of anilines is 1. The van der Waals surface area contributed by atoms with Crippen molar-refractivity contribution >= 4 is 23.3 Å². The Morgan fingerprint density at radius 2 is 1.91 bits per heavy atom. The van der Waals surface area contributed by atoms with Gasteiger partial charge in [0.1, 0.15) is 5.92 Å². The maximum absolute atomic E-state index is 12.5. The van der Waals surface area contributed by atoms with Gasteiger partial charge in [0.05, 0.1) is 0 Å². The van der Waals surface area contributed by atoms with Crippen molar-refractivity contribution in [3.63, 3.8) is 0 Å². The van der Waals surface area contributed by atoms with Gasteiger partial charge in [-0.05, 0) is 51.7 Å². The molecule has 1 N–H and O–H groups in total. The fraction of sp³-hybridized carbons (Fsp3) is 0.471. The third kappa shape index (κ3) is 4.16. The van der Waals surface area contributed by atoms with Gasteiger partial charge in [-0.3, -0.25) is 14.4 Å². The molecule has 1 atom stereocenters. The molecule has 1 aromatic rings. The molecular formula is C17H23N3O3. The maximum atomic E-state index is 12.5. The second kappa shape index (κ2) is 7.37. The molecule has 6 heteroatoms. The van der Waals surface area contributed by atoms with Gasteiger partial charge < -0.3 is 15.1 Å². The van der Waals surface area contributed by atoms with Crippen LogP contribution in [0.2, 0.25) is 0 Å². The van der Waals surface area contributed by atoms with Gasteiger partial charge in [0.25, 0.3) is 0 Å². The third-order valence-electron chi connectivity index (χ3n) is 3.97. The molecule has 0 aliphatic carbocycles. The Labute approximate surface area is 136 Å². The standard InChI is InChI=1S/C17H23N3O3/c1-12(21)13-4-6-14(7-5-13)20-10-8-15(17(20)23)16(22)18-9-11-19(2)3/h4-7,15H,8-11H2,1-3H3,(H,18,22). The molecule has 1 fully saturated rings. The van der Waals surface area contributed by atoms with E-state index in [1.807, 2.05) is 19.0 Å². The molecule has 1 aliphatic rings. The van der Waals surface area contributed by atoms with Crippen molar-refractivity contribution < 1.29 is 14.4 Å². The second-order valence-corrected chi connectivity index (χ2v) is 6.03. The number of carbonyl (C=O) groups excluding carboxylic acids is 3. The predicted molar refractivity (Wildman–Crippen MR) is 88.5 cm³/mol. The van der Waals surface area contributed by atoms with E-state index in [9.17, 15) is 14.4 Å². The molecule has 1 aromatic carbocycles. The highest BCUT2D eigenvalue weighted by Crippen LogP contribution is 2.25. The van der Waals surface area contributed by atoms with Crippen LogP contribution in [0.5, 0.6) is 0 Å². The monoisotopic (exact) mass is 317 g/mol. The topological polar surface area (TPSA) is 69.7 Å². The van der Waals surface area contributed by atoms with E-state index < -0.39 is 5.92 Å². The Kier molecular flexibility index (Phi) is 5.50. The minimum Gasteiger partial charge on any atom is -0.354 e. The summed E-state index contributed by atoms with van der Waals surface area (Å²) in [6.45, 7) is 3.29. The van der Waals surface area contributed by atoms with Gasteiger partial charge in [-0.15, -0.1) is 0 Å². The molecule has 0 aromatic heterocycles. The third-order valence-corrected chi connectivity index (χ3v) is 3.97. The fourth-order valence-corrected chi connectivity index (χ4v) is 2.58. The first kappa shape index (κ1) is 17.1. The minimum absolute atomic E-state index is 0.0116. The molecule has 1 saturated heterocycles. The SMILES string of the molecule is CC(=O)c1ccc(N2CCC(C(=O)NCCN(C)C)C2=O)cc1. The lowest BCUT2D eigenvalue weighted by atomic mass is 10.1. The summed E-state index contributed by atoms with van der Waals surface area (Å²) < 4.78 is 0. The molecular weight excluding hydrogens is 294 g/mol. The van der Waals surface area contributed by atoms with Crippen LogP contribution >= 0.6 is 0 Å². The number of likely N-dealkylation sites (N-methyl/N-ethyl adjacent to an activating group) is 1. The summed E-state index contributed by atoms with van der Waals surface area (Å²) in [6, 6.07) is 6.91. The van der Waals surface area contributed by atoms with Gasteiger partial charge in [0.2, 0.25) is 11.8 Å². The highest BCUT2D eigenvalue weighted by Gasteiger charge is 2.37. The highest BCUT2D eigenvalue weighted by molar-refractivity contribution is 6.09. The number of carbonyl (C=O) groups is 3. The number of nitrogens with zero attached hydrogens (tertiary/aromatic N) is 2. The number of hydrogen-bond donors (Lipinski definition) is 1. The molecule has 0 saturated carbocycles. The summed E-state index contributed by atoms with van der Waals surface area (Å²) in [4.78, 5) is 39.5. The molecule has 23 heavy (non-hydrogen) atoms. The van der Waals surface area contributed by atoms with Crippen LogP contribution in [0, 0.1) is 5.92 Å². The summed E-state index contributed by atoms with van der Waals surface area (Å²) in [5, 5.41) is 2.81. The number of benzene rings is 1. The van der Waals surface area contributed by atoms with Gasteiger partial charge in [0.15, 0.2) is 5.78 Å². The number of Topliss-reactive ketones (excluding diaryl/α,β-unsaturated/α-hetero) is 1. The normalized spacial score (nSPS) is 17.7. The molecule has 0 radical (unpaired) electrons. The molecule has 124 valence electrons. The molecule has 2 rings (SSSR count). The van der Waals surface area contributed by atoms with E-state index in [1.165, 1.54) is 6.92 Å². The van der Waals surface area contributed by atoms with Crippen LogP contribution in [-0.4, -0.2) is 56.2 Å². The largest absolute Gasteiger partial charge is 0.354 e. The van der Waals surface area contributed by atoms with Crippen molar-refractivity contribution in [1.29, 1.82) is 0 Å². The van der Waals surface area contributed by atoms with E-state index in [-0.39, 0.29) is 17.6 Å². The lowest BCUT2D eigenvalue weighted by Gasteiger charge is -2.17. The van der Waals surface area contributed by atoms with Crippen LogP contribution in [0.4, 0.5) is 5.69 Å². The van der Waals surface area contributed by atoms with Crippen LogP contribution in [0.1, 0.15) is 23.7 Å². The zero-order chi connectivity index (χ0) is 17.0. The minimum atomic E-state index is -0.621. The van der Waals surface area contributed by atoms with E-state index >= 15 is 0 Å². The summed E-state index contributed by atoms with van der Waals surface area (Å²) in [6.07, 6.45) is 0.515. The van der Waals surface area contributed by atoms with Gasteiger partial charge in [-0.25, -0.2) is 0 Å². The van der Waals surface area contributed by atoms with Gasteiger partial charge in [-0.1, -0.05) is 0 Å². The van der Waals surface area contributed by atoms with Crippen LogP contribution in [0.25, 0.3) is 0 Å². The number of nitrogens with one attached hydrogen (secondary N) is 1. The number of hydrogen-bond acceptors (Lipinski definition) is 4. The quantitative estimate of drug-likeness (QED) is 0.626. The lowest BCUT2D eigenvalue weighted by molar-refractivity contribution is -0.132. The van der Waals surface area contributed by atoms with Crippen LogP contribution in [-0.2, 0) is 9.59 Å². The second-order valence-electron chi connectivity index (χ2n) is 6.03. The van der Waals surface area contributed by atoms with E-state index in [2.05, 4.69) is 5.32 Å². The smallest absolute Gasteiger partial charge is 0.239 e. The molecule has 1 aliphatic heterocycles. The Balaban J connectivity index is 1.98. The van der Waals surface area contributed by atoms with Crippen molar-refractivity contribution in [2.75, 3.05) is 38.6 Å². The lowest BCUT2D eigenvalue weighted by Crippen LogP contribution is -2.39. The first-order chi connectivity index (χ1) is 10.9. The van der Waals surface area contributed by atoms with E-state index in [4.69, 9.17) is 0 Å². The molecule has 1 heterocycles.